The molecule has 0 amide bonds. The third kappa shape index (κ3) is 0.646. The Labute approximate surface area is 73.5 Å². The van der Waals surface area contributed by atoms with E-state index in [0.29, 0.717) is 11.8 Å². The Morgan fingerprint density at radius 2 is 2.08 bits per heavy atom. The Hall–Kier alpha value is -0.300. The molecule has 0 aromatic heterocycles. The molecular weight excluding hydrogens is 148 g/mol. The van der Waals surface area contributed by atoms with Crippen molar-refractivity contribution in [3.05, 3.63) is 12.2 Å². The molecule has 3 aliphatic rings. The van der Waals surface area contributed by atoms with Crippen LogP contribution in [0.25, 0.3) is 0 Å². The largest absolute Gasteiger partial charge is 0.393 e. The summed E-state index contributed by atoms with van der Waals surface area (Å²) in [6, 6.07) is 0. The van der Waals surface area contributed by atoms with Gasteiger partial charge in [0.2, 0.25) is 0 Å². The van der Waals surface area contributed by atoms with Crippen LogP contribution in [0.5, 0.6) is 0 Å². The van der Waals surface area contributed by atoms with E-state index >= 15 is 0 Å². The van der Waals surface area contributed by atoms with Gasteiger partial charge in [0.15, 0.2) is 0 Å². The van der Waals surface area contributed by atoms with Gasteiger partial charge in [-0.1, -0.05) is 19.1 Å². The van der Waals surface area contributed by atoms with Crippen LogP contribution in [0.4, 0.5) is 0 Å². The minimum absolute atomic E-state index is 0.000926. The molecule has 6 unspecified atom stereocenters. The summed E-state index contributed by atoms with van der Waals surface area (Å²) in [6.07, 6.45) is 7.24. The maximum absolute atomic E-state index is 9.90. The highest BCUT2D eigenvalue weighted by atomic mass is 16.3. The standard InChI is InChI=1S/C11H16O/c1-6-9-5-10(11(6)12)8-4-2-3-7(8)9/h2,4,6-12H,3,5H2,1H3. The number of aliphatic hydroxyl groups excluding tert-OH is 1. The lowest BCUT2D eigenvalue weighted by Crippen LogP contribution is -2.34. The Balaban J connectivity index is 1.95. The molecule has 0 heterocycles. The number of fused-ring (bicyclic) bond motifs is 5. The maximum Gasteiger partial charge on any atom is 0.0602 e. The molecule has 3 aliphatic carbocycles. The molecule has 1 N–H and O–H groups in total. The van der Waals surface area contributed by atoms with Crippen LogP contribution < -0.4 is 0 Å². The van der Waals surface area contributed by atoms with Crippen molar-refractivity contribution in [2.75, 3.05) is 0 Å². The first-order valence-electron chi connectivity index (χ1n) is 5.14. The van der Waals surface area contributed by atoms with E-state index in [0.717, 1.165) is 17.8 Å². The Morgan fingerprint density at radius 1 is 1.25 bits per heavy atom. The van der Waals surface area contributed by atoms with Crippen molar-refractivity contribution in [3.63, 3.8) is 0 Å². The molecule has 2 bridgehead atoms. The molecule has 1 nitrogen and oxygen atoms in total. The Morgan fingerprint density at radius 3 is 2.92 bits per heavy atom. The molecule has 6 atom stereocenters. The van der Waals surface area contributed by atoms with Crippen LogP contribution in [0.1, 0.15) is 19.8 Å². The highest BCUT2D eigenvalue weighted by molar-refractivity contribution is 5.15. The van der Waals surface area contributed by atoms with Gasteiger partial charge in [-0.2, -0.15) is 0 Å². The smallest absolute Gasteiger partial charge is 0.0602 e. The molecule has 66 valence electrons. The molecule has 0 aromatic carbocycles. The summed E-state index contributed by atoms with van der Waals surface area (Å²) in [6.45, 7) is 2.23. The van der Waals surface area contributed by atoms with Gasteiger partial charge in [-0.3, -0.25) is 0 Å². The second-order valence-electron chi connectivity index (χ2n) is 4.82. The summed E-state index contributed by atoms with van der Waals surface area (Å²) < 4.78 is 0. The fraction of sp³-hybridized carbons (Fsp3) is 0.818. The SMILES string of the molecule is CC1C(O)C2CC1C1CC=CC21. The molecule has 1 heteroatoms. The van der Waals surface area contributed by atoms with E-state index in [-0.39, 0.29) is 6.10 Å². The highest BCUT2D eigenvalue weighted by Gasteiger charge is 2.55. The fourth-order valence-electron chi connectivity index (χ4n) is 3.87. The zero-order valence-corrected chi connectivity index (χ0v) is 7.48. The van der Waals surface area contributed by atoms with E-state index in [1.807, 2.05) is 0 Å². The Bertz CT molecular complexity index is 233. The lowest BCUT2D eigenvalue weighted by atomic mass is 9.75. The van der Waals surface area contributed by atoms with Crippen molar-refractivity contribution in [2.45, 2.75) is 25.9 Å². The molecule has 2 saturated carbocycles. The maximum atomic E-state index is 9.90. The van der Waals surface area contributed by atoms with Gasteiger partial charge in [-0.25, -0.2) is 0 Å². The van der Waals surface area contributed by atoms with Crippen LogP contribution in [0.2, 0.25) is 0 Å². The molecule has 0 aliphatic heterocycles. The first-order valence-corrected chi connectivity index (χ1v) is 5.14. The van der Waals surface area contributed by atoms with Gasteiger partial charge in [0, 0.05) is 0 Å². The van der Waals surface area contributed by atoms with Crippen LogP contribution in [-0.4, -0.2) is 11.2 Å². The third-order valence-corrected chi connectivity index (χ3v) is 4.50. The average Bonchev–Trinajstić information content (AvgIpc) is 2.63. The highest BCUT2D eigenvalue weighted by Crippen LogP contribution is 2.58. The van der Waals surface area contributed by atoms with E-state index in [1.54, 1.807) is 0 Å². The predicted octanol–water partition coefficient (Wildman–Crippen LogP) is 1.83. The quantitative estimate of drug-likeness (QED) is 0.541. The number of aliphatic hydroxyl groups is 1. The second-order valence-corrected chi connectivity index (χ2v) is 4.82. The van der Waals surface area contributed by atoms with Gasteiger partial charge in [0.1, 0.15) is 0 Å². The average molecular weight is 164 g/mol. The van der Waals surface area contributed by atoms with E-state index in [2.05, 4.69) is 19.1 Å². The zero-order valence-electron chi connectivity index (χ0n) is 7.48. The number of allylic oxidation sites excluding steroid dienone is 2. The Kier molecular flexibility index (Phi) is 1.27. The summed E-state index contributed by atoms with van der Waals surface area (Å²) in [5.41, 5.74) is 0. The van der Waals surface area contributed by atoms with Crippen molar-refractivity contribution in [3.8, 4) is 0 Å². The van der Waals surface area contributed by atoms with Gasteiger partial charge in [0.25, 0.3) is 0 Å². The van der Waals surface area contributed by atoms with Gasteiger partial charge in [-0.05, 0) is 42.4 Å². The first-order chi connectivity index (χ1) is 5.79. The van der Waals surface area contributed by atoms with Crippen molar-refractivity contribution < 1.29 is 5.11 Å². The summed E-state index contributed by atoms with van der Waals surface area (Å²) in [5.74, 6) is 3.63. The molecule has 2 fully saturated rings. The molecule has 3 rings (SSSR count). The molecule has 0 radical (unpaired) electrons. The summed E-state index contributed by atoms with van der Waals surface area (Å²) in [5, 5.41) is 9.90. The van der Waals surface area contributed by atoms with Crippen molar-refractivity contribution in [2.24, 2.45) is 29.6 Å². The molecular formula is C11H16O. The van der Waals surface area contributed by atoms with Crippen LogP contribution in [0.3, 0.4) is 0 Å². The first kappa shape index (κ1) is 7.14. The van der Waals surface area contributed by atoms with Crippen molar-refractivity contribution >= 4 is 0 Å². The number of hydrogen-bond donors (Lipinski definition) is 1. The molecule has 0 aromatic rings. The van der Waals surface area contributed by atoms with Gasteiger partial charge >= 0.3 is 0 Å². The van der Waals surface area contributed by atoms with E-state index in [1.165, 1.54) is 12.8 Å². The summed E-state index contributed by atoms with van der Waals surface area (Å²) in [4.78, 5) is 0. The molecule has 12 heavy (non-hydrogen) atoms. The van der Waals surface area contributed by atoms with E-state index in [9.17, 15) is 5.11 Å². The zero-order chi connectivity index (χ0) is 8.29. The van der Waals surface area contributed by atoms with Gasteiger partial charge in [0.05, 0.1) is 6.10 Å². The minimum atomic E-state index is -0.000926. The van der Waals surface area contributed by atoms with Gasteiger partial charge in [-0.15, -0.1) is 0 Å². The second kappa shape index (κ2) is 2.14. The third-order valence-electron chi connectivity index (χ3n) is 4.50. The van der Waals surface area contributed by atoms with E-state index < -0.39 is 0 Å². The summed E-state index contributed by atoms with van der Waals surface area (Å²) >= 11 is 0. The molecule has 0 spiro atoms. The van der Waals surface area contributed by atoms with Crippen molar-refractivity contribution in [1.82, 2.24) is 0 Å². The lowest BCUT2D eigenvalue weighted by Gasteiger charge is -2.33. The predicted molar refractivity (Wildman–Crippen MR) is 47.5 cm³/mol. The van der Waals surface area contributed by atoms with Crippen LogP contribution in [-0.2, 0) is 0 Å². The minimum Gasteiger partial charge on any atom is -0.393 e. The van der Waals surface area contributed by atoms with Crippen molar-refractivity contribution in [1.29, 1.82) is 0 Å². The topological polar surface area (TPSA) is 20.2 Å². The van der Waals surface area contributed by atoms with Crippen LogP contribution >= 0.6 is 0 Å². The van der Waals surface area contributed by atoms with Crippen LogP contribution in [0, 0.1) is 29.6 Å². The number of hydrogen-bond acceptors (Lipinski definition) is 1. The van der Waals surface area contributed by atoms with Crippen LogP contribution in [0.15, 0.2) is 12.2 Å². The number of rotatable bonds is 0. The lowest BCUT2D eigenvalue weighted by molar-refractivity contribution is 0.0288. The van der Waals surface area contributed by atoms with E-state index in [4.69, 9.17) is 0 Å². The summed E-state index contributed by atoms with van der Waals surface area (Å²) in [7, 11) is 0. The molecule has 0 saturated heterocycles. The fourth-order valence-corrected chi connectivity index (χ4v) is 3.87. The monoisotopic (exact) mass is 164 g/mol. The van der Waals surface area contributed by atoms with Gasteiger partial charge < -0.3 is 5.11 Å². The normalized spacial score (nSPS) is 61.2.